The van der Waals surface area contributed by atoms with Crippen LogP contribution >= 0.6 is 0 Å². The molecule has 1 rings (SSSR count). The van der Waals surface area contributed by atoms with Crippen LogP contribution in [-0.2, 0) is 0 Å². The topological polar surface area (TPSA) is 3.24 Å². The minimum absolute atomic E-state index is 1.16. The summed E-state index contributed by atoms with van der Waals surface area (Å²) in [6.07, 6.45) is 15.2. The molecule has 1 aromatic rings. The average molecular weight is 370 g/mol. The standard InChI is InChI=1S/C19H23N.C3H8.2C2H6/c1-5-7-10-14-18(4)20(17(3)13-8-6-2)19-15-11-9-12-16-19;1-3-2;2*1-2/h5-16H,1H2,2-4H3;3H2,1-2H3;2*1-2H3/b8-6-,10-7-,17-13+,18-14+;;;. The number of nitrogens with zero attached hydrogens (tertiary/aromatic N) is 1. The first-order valence-corrected chi connectivity index (χ1v) is 10.2. The van der Waals surface area contributed by atoms with Crippen LogP contribution in [-0.4, -0.2) is 0 Å². The van der Waals surface area contributed by atoms with Gasteiger partial charge >= 0.3 is 0 Å². The van der Waals surface area contributed by atoms with Crippen LogP contribution in [0.1, 0.15) is 68.7 Å². The number of anilines is 1. The molecule has 0 bridgehead atoms. The Bertz CT molecular complexity index is 545. The minimum atomic E-state index is 1.16. The number of para-hydroxylation sites is 1. The maximum Gasteiger partial charge on any atom is 0.0454 e. The highest BCUT2D eigenvalue weighted by molar-refractivity contribution is 5.58. The van der Waals surface area contributed by atoms with Gasteiger partial charge in [-0.2, -0.15) is 0 Å². The fourth-order valence-electron chi connectivity index (χ4n) is 1.92. The van der Waals surface area contributed by atoms with Gasteiger partial charge in [0.1, 0.15) is 0 Å². The van der Waals surface area contributed by atoms with E-state index in [4.69, 9.17) is 0 Å². The van der Waals surface area contributed by atoms with Crippen molar-refractivity contribution in [3.05, 3.63) is 90.8 Å². The van der Waals surface area contributed by atoms with E-state index < -0.39 is 0 Å². The number of rotatable bonds is 6. The molecule has 0 atom stereocenters. The molecule has 27 heavy (non-hydrogen) atoms. The van der Waals surface area contributed by atoms with Gasteiger partial charge in [-0.05, 0) is 45.1 Å². The molecule has 1 aromatic carbocycles. The second-order valence-electron chi connectivity index (χ2n) is 5.14. The Kier molecular flexibility index (Phi) is 25.9. The zero-order valence-electron chi connectivity index (χ0n) is 19.3. The molecule has 0 aliphatic heterocycles. The van der Waals surface area contributed by atoms with Gasteiger partial charge in [0.05, 0.1) is 0 Å². The summed E-state index contributed by atoms with van der Waals surface area (Å²) in [5, 5.41) is 0. The molecule has 0 spiro atoms. The summed E-state index contributed by atoms with van der Waals surface area (Å²) >= 11 is 0. The Morgan fingerprint density at radius 3 is 1.70 bits per heavy atom. The lowest BCUT2D eigenvalue weighted by Crippen LogP contribution is -2.18. The summed E-state index contributed by atoms with van der Waals surface area (Å²) in [4.78, 5) is 2.23. The van der Waals surface area contributed by atoms with Crippen molar-refractivity contribution in [2.45, 2.75) is 68.7 Å². The number of hydrogen-bond donors (Lipinski definition) is 0. The van der Waals surface area contributed by atoms with Crippen LogP contribution in [0.4, 0.5) is 5.69 Å². The third-order valence-electron chi connectivity index (χ3n) is 2.83. The monoisotopic (exact) mass is 369 g/mol. The Balaban J connectivity index is -0.000000725. The van der Waals surface area contributed by atoms with Gasteiger partial charge < -0.3 is 4.90 Å². The molecule has 0 heterocycles. The van der Waals surface area contributed by atoms with Gasteiger partial charge in [0.25, 0.3) is 0 Å². The van der Waals surface area contributed by atoms with Crippen LogP contribution in [0.2, 0.25) is 0 Å². The van der Waals surface area contributed by atoms with E-state index in [-0.39, 0.29) is 0 Å². The van der Waals surface area contributed by atoms with Gasteiger partial charge in [0, 0.05) is 17.1 Å². The molecule has 0 saturated heterocycles. The third kappa shape index (κ3) is 15.7. The molecular formula is C26H43N. The number of benzene rings is 1. The molecule has 152 valence electrons. The van der Waals surface area contributed by atoms with Crippen LogP contribution in [0, 0.1) is 0 Å². The average Bonchev–Trinajstić information content (AvgIpc) is 2.71. The van der Waals surface area contributed by atoms with Gasteiger partial charge in [0.2, 0.25) is 0 Å². The summed E-state index contributed by atoms with van der Waals surface area (Å²) in [5.74, 6) is 0. The molecule has 0 unspecified atom stereocenters. The van der Waals surface area contributed by atoms with Crippen LogP contribution in [0.3, 0.4) is 0 Å². The van der Waals surface area contributed by atoms with E-state index in [0.717, 1.165) is 11.4 Å². The Hall–Kier alpha value is -2.28. The highest BCUT2D eigenvalue weighted by Gasteiger charge is 2.08. The van der Waals surface area contributed by atoms with Crippen molar-refractivity contribution in [2.75, 3.05) is 4.90 Å². The van der Waals surface area contributed by atoms with Gasteiger partial charge in [-0.3, -0.25) is 0 Å². The van der Waals surface area contributed by atoms with Crippen molar-refractivity contribution in [3.8, 4) is 0 Å². The maximum atomic E-state index is 3.69. The molecular weight excluding hydrogens is 326 g/mol. The summed E-state index contributed by atoms with van der Waals surface area (Å²) in [7, 11) is 0. The molecule has 0 aliphatic carbocycles. The molecule has 0 radical (unpaired) electrons. The lowest BCUT2D eigenvalue weighted by molar-refractivity contribution is 1.06. The Labute approximate surface area is 170 Å². The lowest BCUT2D eigenvalue weighted by atomic mass is 10.2. The summed E-state index contributed by atoms with van der Waals surface area (Å²) in [6, 6.07) is 10.4. The van der Waals surface area contributed by atoms with Crippen molar-refractivity contribution in [2.24, 2.45) is 0 Å². The normalized spacial score (nSPS) is 10.9. The molecule has 0 saturated carbocycles. The van der Waals surface area contributed by atoms with Crippen LogP contribution in [0.5, 0.6) is 0 Å². The molecule has 0 amide bonds. The minimum Gasteiger partial charge on any atom is -0.319 e. The fraction of sp³-hybridized carbons (Fsp3) is 0.385. The summed E-state index contributed by atoms with van der Waals surface area (Å²) < 4.78 is 0. The van der Waals surface area contributed by atoms with E-state index in [2.05, 4.69) is 81.7 Å². The Morgan fingerprint density at radius 2 is 1.30 bits per heavy atom. The lowest BCUT2D eigenvalue weighted by Gasteiger charge is -2.26. The summed E-state index contributed by atoms with van der Waals surface area (Å²) in [5.41, 5.74) is 3.49. The molecule has 1 nitrogen and oxygen atoms in total. The van der Waals surface area contributed by atoms with E-state index in [0.29, 0.717) is 0 Å². The first-order valence-electron chi connectivity index (χ1n) is 10.2. The molecule has 1 heteroatoms. The van der Waals surface area contributed by atoms with E-state index in [9.17, 15) is 0 Å². The predicted octanol–water partition coefficient (Wildman–Crippen LogP) is 9.09. The van der Waals surface area contributed by atoms with Crippen LogP contribution < -0.4 is 4.90 Å². The van der Waals surface area contributed by atoms with E-state index in [1.54, 1.807) is 6.08 Å². The van der Waals surface area contributed by atoms with Crippen LogP contribution in [0.25, 0.3) is 0 Å². The Morgan fingerprint density at radius 1 is 0.852 bits per heavy atom. The largest absolute Gasteiger partial charge is 0.319 e. The summed E-state index contributed by atoms with van der Waals surface area (Å²) in [6.45, 7) is 22.2. The maximum absolute atomic E-state index is 3.69. The predicted molar refractivity (Wildman–Crippen MR) is 129 cm³/mol. The van der Waals surface area contributed by atoms with Crippen LogP contribution in [0.15, 0.2) is 90.8 Å². The zero-order valence-corrected chi connectivity index (χ0v) is 19.3. The smallest absolute Gasteiger partial charge is 0.0454 e. The van der Waals surface area contributed by atoms with Gasteiger partial charge in [0.15, 0.2) is 0 Å². The third-order valence-corrected chi connectivity index (χ3v) is 2.83. The van der Waals surface area contributed by atoms with Gasteiger partial charge in [-0.15, -0.1) is 0 Å². The molecule has 0 N–H and O–H groups in total. The highest BCUT2D eigenvalue weighted by atomic mass is 15.1. The van der Waals surface area contributed by atoms with E-state index in [1.807, 2.05) is 58.9 Å². The van der Waals surface area contributed by atoms with Crippen molar-refractivity contribution in [3.63, 3.8) is 0 Å². The van der Waals surface area contributed by atoms with Crippen molar-refractivity contribution in [1.82, 2.24) is 0 Å². The van der Waals surface area contributed by atoms with Gasteiger partial charge in [-0.25, -0.2) is 0 Å². The highest BCUT2D eigenvalue weighted by Crippen LogP contribution is 2.23. The quantitative estimate of drug-likeness (QED) is 0.452. The van der Waals surface area contributed by atoms with Gasteiger partial charge in [-0.1, -0.05) is 103 Å². The second-order valence-corrected chi connectivity index (χ2v) is 5.14. The van der Waals surface area contributed by atoms with Crippen molar-refractivity contribution in [1.29, 1.82) is 0 Å². The molecule has 0 aromatic heterocycles. The first-order chi connectivity index (χ1) is 13.1. The van der Waals surface area contributed by atoms with E-state index >= 15 is 0 Å². The zero-order chi connectivity index (χ0) is 21.5. The fourth-order valence-corrected chi connectivity index (χ4v) is 1.92. The second kappa shape index (κ2) is 23.7. The number of hydrogen-bond acceptors (Lipinski definition) is 1. The number of allylic oxidation sites excluding steroid dienone is 9. The van der Waals surface area contributed by atoms with Crippen molar-refractivity contribution < 1.29 is 0 Å². The first kappa shape index (κ1) is 29.5. The SMILES string of the molecule is C=C/C=C\C=C(/C)N(/C(C)=C/C=C\C)c1ccccc1.CC.CC.CCC. The van der Waals surface area contributed by atoms with E-state index in [1.165, 1.54) is 12.1 Å². The van der Waals surface area contributed by atoms with Crippen molar-refractivity contribution >= 4 is 5.69 Å². The molecule has 0 aliphatic rings. The molecule has 0 fully saturated rings.